The third kappa shape index (κ3) is 4.11. The number of thiocarbonyl (C=S) groups is 1. The number of rotatable bonds is 2. The van der Waals surface area contributed by atoms with Crippen molar-refractivity contribution in [2.75, 3.05) is 38.1 Å². The third-order valence-corrected chi connectivity index (χ3v) is 5.16. The highest BCUT2D eigenvalue weighted by Crippen LogP contribution is 2.26. The summed E-state index contributed by atoms with van der Waals surface area (Å²) in [6, 6.07) is 5.23. The van der Waals surface area contributed by atoms with Crippen molar-refractivity contribution in [3.8, 4) is 0 Å². The summed E-state index contributed by atoms with van der Waals surface area (Å²) in [5, 5.41) is 4.85. The lowest BCUT2D eigenvalue weighted by atomic mass is 10.2. The van der Waals surface area contributed by atoms with Crippen molar-refractivity contribution in [3.63, 3.8) is 0 Å². The number of amides is 1. The number of nitrogens with zero attached hydrogens (tertiary/aromatic N) is 2. The van der Waals surface area contributed by atoms with Gasteiger partial charge in [0.15, 0.2) is 5.11 Å². The van der Waals surface area contributed by atoms with Gasteiger partial charge in [0.1, 0.15) is 6.10 Å². The molecule has 24 heavy (non-hydrogen) atoms. The maximum absolute atomic E-state index is 12.3. The van der Waals surface area contributed by atoms with Crippen LogP contribution in [0.4, 0.5) is 5.69 Å². The van der Waals surface area contributed by atoms with Crippen LogP contribution in [0.1, 0.15) is 12.8 Å². The van der Waals surface area contributed by atoms with Crippen LogP contribution >= 0.6 is 35.4 Å². The lowest BCUT2D eigenvalue weighted by Crippen LogP contribution is -2.53. The number of hydrogen-bond donors (Lipinski definition) is 1. The first kappa shape index (κ1) is 17.7. The van der Waals surface area contributed by atoms with Gasteiger partial charge in [0.2, 0.25) is 0 Å². The van der Waals surface area contributed by atoms with Crippen LogP contribution in [0, 0.1) is 0 Å². The molecule has 0 aliphatic carbocycles. The summed E-state index contributed by atoms with van der Waals surface area (Å²) in [6.45, 7) is 3.36. The van der Waals surface area contributed by atoms with Gasteiger partial charge in [-0.1, -0.05) is 23.2 Å². The summed E-state index contributed by atoms with van der Waals surface area (Å²) in [6.07, 6.45) is 1.54. The van der Waals surface area contributed by atoms with Crippen molar-refractivity contribution in [3.05, 3.63) is 28.2 Å². The molecule has 5 nitrogen and oxygen atoms in total. The molecule has 0 radical (unpaired) electrons. The maximum Gasteiger partial charge on any atom is 0.251 e. The second-order valence-electron chi connectivity index (χ2n) is 5.87. The first-order chi connectivity index (χ1) is 11.5. The summed E-state index contributed by atoms with van der Waals surface area (Å²) in [4.78, 5) is 16.3. The number of anilines is 1. The van der Waals surface area contributed by atoms with E-state index in [2.05, 4.69) is 5.32 Å². The minimum absolute atomic E-state index is 0.103. The quantitative estimate of drug-likeness (QED) is 0.790. The molecular weight excluding hydrogens is 369 g/mol. The van der Waals surface area contributed by atoms with Crippen LogP contribution in [0.3, 0.4) is 0 Å². The zero-order chi connectivity index (χ0) is 17.1. The van der Waals surface area contributed by atoms with Crippen LogP contribution in [-0.2, 0) is 9.53 Å². The highest BCUT2D eigenvalue weighted by molar-refractivity contribution is 7.80. The Labute approximate surface area is 156 Å². The average molecular weight is 388 g/mol. The predicted octanol–water partition coefficient (Wildman–Crippen LogP) is 3.01. The fourth-order valence-electron chi connectivity index (χ4n) is 2.89. The molecule has 2 aliphatic rings. The van der Waals surface area contributed by atoms with Crippen molar-refractivity contribution in [2.24, 2.45) is 0 Å². The Bertz CT molecular complexity index is 630. The van der Waals surface area contributed by atoms with Gasteiger partial charge in [-0.3, -0.25) is 4.79 Å². The summed E-state index contributed by atoms with van der Waals surface area (Å²) in [7, 11) is 0. The molecule has 2 aliphatic heterocycles. The van der Waals surface area contributed by atoms with E-state index in [1.165, 1.54) is 0 Å². The van der Waals surface area contributed by atoms with Crippen LogP contribution in [0.2, 0.25) is 10.0 Å². The SMILES string of the molecule is O=C([C@@H]1CCCO1)N1CCN(C(=S)Nc2ccc(Cl)cc2Cl)CC1. The van der Waals surface area contributed by atoms with E-state index in [1.807, 2.05) is 9.80 Å². The lowest BCUT2D eigenvalue weighted by Gasteiger charge is -2.37. The fraction of sp³-hybridized carbons (Fsp3) is 0.500. The molecule has 1 amide bonds. The number of halogens is 2. The summed E-state index contributed by atoms with van der Waals surface area (Å²) in [5.74, 6) is 0.103. The topological polar surface area (TPSA) is 44.8 Å². The summed E-state index contributed by atoms with van der Waals surface area (Å²) in [5.41, 5.74) is 0.726. The first-order valence-corrected chi connectivity index (χ1v) is 9.12. The van der Waals surface area contributed by atoms with E-state index in [4.69, 9.17) is 40.2 Å². The maximum atomic E-state index is 12.3. The Balaban J connectivity index is 1.52. The highest BCUT2D eigenvalue weighted by atomic mass is 35.5. The molecule has 1 aromatic carbocycles. The molecule has 1 aromatic rings. The molecule has 0 spiro atoms. The van der Waals surface area contributed by atoms with Gasteiger partial charge in [-0.05, 0) is 43.3 Å². The molecule has 130 valence electrons. The number of carbonyl (C=O) groups excluding carboxylic acids is 1. The van der Waals surface area contributed by atoms with Crippen LogP contribution < -0.4 is 5.32 Å². The van der Waals surface area contributed by atoms with Crippen molar-refractivity contribution in [1.82, 2.24) is 9.80 Å². The van der Waals surface area contributed by atoms with E-state index in [0.29, 0.717) is 47.9 Å². The number of benzene rings is 1. The van der Waals surface area contributed by atoms with E-state index in [-0.39, 0.29) is 12.0 Å². The van der Waals surface area contributed by atoms with Gasteiger partial charge < -0.3 is 19.9 Å². The summed E-state index contributed by atoms with van der Waals surface area (Å²) < 4.78 is 5.48. The molecule has 2 saturated heterocycles. The minimum atomic E-state index is -0.255. The minimum Gasteiger partial charge on any atom is -0.368 e. The number of nitrogens with one attached hydrogen (secondary N) is 1. The van der Waals surface area contributed by atoms with Gasteiger partial charge >= 0.3 is 0 Å². The van der Waals surface area contributed by atoms with Crippen molar-refractivity contribution >= 4 is 52.1 Å². The first-order valence-electron chi connectivity index (χ1n) is 7.96. The zero-order valence-corrected chi connectivity index (χ0v) is 15.5. The molecule has 1 N–H and O–H groups in total. The molecule has 0 unspecified atom stereocenters. The van der Waals surface area contributed by atoms with Crippen LogP contribution in [0.5, 0.6) is 0 Å². The Hall–Kier alpha value is -1.08. The molecule has 0 aromatic heterocycles. The summed E-state index contributed by atoms with van der Waals surface area (Å²) >= 11 is 17.5. The van der Waals surface area contributed by atoms with Gasteiger partial charge in [0.25, 0.3) is 5.91 Å². The average Bonchev–Trinajstić information content (AvgIpc) is 3.11. The fourth-order valence-corrected chi connectivity index (χ4v) is 3.64. The van der Waals surface area contributed by atoms with Gasteiger partial charge in [-0.2, -0.15) is 0 Å². The molecule has 1 atom stereocenters. The second kappa shape index (κ2) is 7.87. The predicted molar refractivity (Wildman–Crippen MR) is 99.8 cm³/mol. The molecule has 0 saturated carbocycles. The smallest absolute Gasteiger partial charge is 0.251 e. The normalized spacial score (nSPS) is 21.0. The molecule has 0 bridgehead atoms. The molecular formula is C16H19Cl2N3O2S. The molecule has 8 heteroatoms. The van der Waals surface area contributed by atoms with Gasteiger partial charge in [0.05, 0.1) is 10.7 Å². The lowest BCUT2D eigenvalue weighted by molar-refractivity contribution is -0.142. The van der Waals surface area contributed by atoms with Gasteiger partial charge in [-0.15, -0.1) is 0 Å². The van der Waals surface area contributed by atoms with E-state index in [9.17, 15) is 4.79 Å². The van der Waals surface area contributed by atoms with E-state index in [1.54, 1.807) is 18.2 Å². The van der Waals surface area contributed by atoms with Crippen LogP contribution in [0.15, 0.2) is 18.2 Å². The monoisotopic (exact) mass is 387 g/mol. The van der Waals surface area contributed by atoms with Crippen LogP contribution in [-0.4, -0.2) is 59.7 Å². The Morgan fingerprint density at radius 1 is 1.21 bits per heavy atom. The molecule has 2 heterocycles. The van der Waals surface area contributed by atoms with Gasteiger partial charge in [-0.25, -0.2) is 0 Å². The number of piperazine rings is 1. The molecule has 3 rings (SSSR count). The van der Waals surface area contributed by atoms with Crippen molar-refractivity contribution in [2.45, 2.75) is 18.9 Å². The van der Waals surface area contributed by atoms with E-state index in [0.717, 1.165) is 18.5 Å². The Morgan fingerprint density at radius 2 is 1.92 bits per heavy atom. The van der Waals surface area contributed by atoms with Crippen molar-refractivity contribution < 1.29 is 9.53 Å². The number of hydrogen-bond acceptors (Lipinski definition) is 3. The number of carbonyl (C=O) groups is 1. The van der Waals surface area contributed by atoms with Crippen molar-refractivity contribution in [1.29, 1.82) is 0 Å². The van der Waals surface area contributed by atoms with Crippen LogP contribution in [0.25, 0.3) is 0 Å². The van der Waals surface area contributed by atoms with E-state index >= 15 is 0 Å². The largest absolute Gasteiger partial charge is 0.368 e. The molecule has 2 fully saturated rings. The second-order valence-corrected chi connectivity index (χ2v) is 7.10. The standard InChI is InChI=1S/C16H19Cl2N3O2S/c17-11-3-4-13(12(18)10-11)19-16(24)21-7-5-20(6-8-21)15(22)14-2-1-9-23-14/h3-4,10,14H,1-2,5-9H2,(H,19,24)/t14-/m0/s1. The zero-order valence-electron chi connectivity index (χ0n) is 13.1. The highest BCUT2D eigenvalue weighted by Gasteiger charge is 2.30. The van der Waals surface area contributed by atoms with Gasteiger partial charge in [0, 0.05) is 37.8 Å². The number of ether oxygens (including phenoxy) is 1. The third-order valence-electron chi connectivity index (χ3n) is 4.26. The van der Waals surface area contributed by atoms with E-state index < -0.39 is 0 Å². The Kier molecular flexibility index (Phi) is 5.81. The Morgan fingerprint density at radius 3 is 2.54 bits per heavy atom.